The lowest BCUT2D eigenvalue weighted by Gasteiger charge is -2.05. The second-order valence-electron chi connectivity index (χ2n) is 6.62. The summed E-state index contributed by atoms with van der Waals surface area (Å²) in [6.07, 6.45) is 3.52. The second-order valence-corrected chi connectivity index (χ2v) is 8.38. The first kappa shape index (κ1) is 19.5. The van der Waals surface area contributed by atoms with Gasteiger partial charge < -0.3 is 0 Å². The molecule has 0 aliphatic heterocycles. The van der Waals surface area contributed by atoms with E-state index in [9.17, 15) is 0 Å². The van der Waals surface area contributed by atoms with Crippen LogP contribution in [0.1, 0.15) is 16.8 Å². The van der Waals surface area contributed by atoms with Gasteiger partial charge in [-0.25, -0.2) is 9.67 Å². The fourth-order valence-electron chi connectivity index (χ4n) is 2.82. The van der Waals surface area contributed by atoms with E-state index in [1.165, 1.54) is 5.56 Å². The number of aryl methyl sites for hydroxylation is 2. The van der Waals surface area contributed by atoms with Crippen molar-refractivity contribution in [3.05, 3.63) is 98.3 Å². The van der Waals surface area contributed by atoms with E-state index < -0.39 is 0 Å². The highest BCUT2D eigenvalue weighted by Crippen LogP contribution is 2.24. The van der Waals surface area contributed by atoms with Gasteiger partial charge in [-0.3, -0.25) is 4.98 Å². The minimum absolute atomic E-state index is 0.797. The zero-order valence-electron chi connectivity index (χ0n) is 16.1. The number of halogens is 1. The number of hydrogen-bond donors (Lipinski definition) is 0. The van der Waals surface area contributed by atoms with Gasteiger partial charge in [0.1, 0.15) is 0 Å². The monoisotopic (exact) mass is 462 g/mol. The third-order valence-electron chi connectivity index (χ3n) is 4.40. The molecular formula is C23H19BrN4S. The lowest BCUT2D eigenvalue weighted by molar-refractivity contribution is 0.853. The minimum Gasteiger partial charge on any atom is -0.255 e. The summed E-state index contributed by atoms with van der Waals surface area (Å²) in [7, 11) is 0. The molecule has 6 heteroatoms. The first-order chi connectivity index (χ1) is 14.1. The molecule has 144 valence electrons. The molecule has 2 aromatic heterocycles. The Kier molecular flexibility index (Phi) is 5.83. The summed E-state index contributed by atoms with van der Waals surface area (Å²) in [5, 5.41) is 6.80. The molecule has 0 atom stereocenters. The zero-order valence-corrected chi connectivity index (χ0v) is 18.5. The van der Waals surface area contributed by atoms with Crippen LogP contribution in [0.3, 0.4) is 0 Å². The Balaban J connectivity index is 1.87. The van der Waals surface area contributed by atoms with Gasteiger partial charge >= 0.3 is 0 Å². The summed E-state index contributed by atoms with van der Waals surface area (Å²) in [5.74, 6) is 0. The summed E-state index contributed by atoms with van der Waals surface area (Å²) in [6.45, 7) is 4.15. The Morgan fingerprint density at radius 3 is 2.62 bits per heavy atom. The Morgan fingerprint density at radius 1 is 1.03 bits per heavy atom. The highest BCUT2D eigenvalue weighted by Gasteiger charge is 2.08. The molecule has 0 spiro atoms. The van der Waals surface area contributed by atoms with E-state index in [1.807, 2.05) is 35.0 Å². The van der Waals surface area contributed by atoms with Gasteiger partial charge in [-0.1, -0.05) is 46.3 Å². The molecule has 29 heavy (non-hydrogen) atoms. The third-order valence-corrected chi connectivity index (χ3v) is 5.74. The van der Waals surface area contributed by atoms with Crippen LogP contribution in [0.15, 0.2) is 86.8 Å². The van der Waals surface area contributed by atoms with Crippen molar-refractivity contribution in [2.45, 2.75) is 13.8 Å². The molecule has 4 nitrogen and oxygen atoms in total. The molecule has 0 unspecified atom stereocenters. The molecule has 2 heterocycles. The van der Waals surface area contributed by atoms with Crippen molar-refractivity contribution in [1.29, 1.82) is 0 Å². The normalized spacial score (nSPS) is 12.0. The van der Waals surface area contributed by atoms with Crippen LogP contribution in [0.25, 0.3) is 11.3 Å². The maximum absolute atomic E-state index is 4.92. The fraction of sp³-hybridized carbons (Fsp3) is 0.0870. The number of aromatic nitrogens is 2. The molecule has 0 fully saturated rings. The Bertz CT molecular complexity index is 1220. The molecule has 0 bridgehead atoms. The second kappa shape index (κ2) is 8.68. The van der Waals surface area contributed by atoms with E-state index in [2.05, 4.69) is 70.5 Å². The standard InChI is InChI=1S/C23H19BrN4S/c1-16-6-7-17(2)21(13-16)27-23-28(26-14-20-5-3-4-12-25-20)22(15-29-23)18-8-10-19(24)11-9-18/h3-15H,1-2H3. The molecule has 0 amide bonds. The van der Waals surface area contributed by atoms with Crippen LogP contribution in [0.4, 0.5) is 5.69 Å². The van der Waals surface area contributed by atoms with Gasteiger partial charge in [0.2, 0.25) is 4.80 Å². The summed E-state index contributed by atoms with van der Waals surface area (Å²) in [5.41, 5.74) is 6.13. The van der Waals surface area contributed by atoms with Crippen LogP contribution in [0.2, 0.25) is 0 Å². The van der Waals surface area contributed by atoms with Crippen molar-refractivity contribution in [2.24, 2.45) is 10.1 Å². The van der Waals surface area contributed by atoms with Gasteiger partial charge in [-0.15, -0.1) is 11.3 Å². The van der Waals surface area contributed by atoms with Crippen LogP contribution in [0.5, 0.6) is 0 Å². The Labute approximate surface area is 182 Å². The quantitative estimate of drug-likeness (QED) is 0.337. The van der Waals surface area contributed by atoms with Crippen molar-refractivity contribution in [3.8, 4) is 11.3 Å². The summed E-state index contributed by atoms with van der Waals surface area (Å²) in [6, 6.07) is 20.3. The third kappa shape index (κ3) is 4.60. The van der Waals surface area contributed by atoms with Crippen LogP contribution in [-0.4, -0.2) is 15.9 Å². The first-order valence-electron chi connectivity index (χ1n) is 9.14. The average molecular weight is 463 g/mol. The van der Waals surface area contributed by atoms with Crippen molar-refractivity contribution < 1.29 is 0 Å². The predicted molar refractivity (Wildman–Crippen MR) is 124 cm³/mol. The van der Waals surface area contributed by atoms with Gasteiger partial charge in [0.15, 0.2) is 0 Å². The fourth-order valence-corrected chi connectivity index (χ4v) is 3.93. The van der Waals surface area contributed by atoms with E-state index in [0.29, 0.717) is 0 Å². The number of nitrogens with zero attached hydrogens (tertiary/aromatic N) is 4. The van der Waals surface area contributed by atoms with E-state index in [0.717, 1.165) is 37.5 Å². The molecule has 0 N–H and O–H groups in total. The number of hydrogen-bond acceptors (Lipinski definition) is 4. The highest BCUT2D eigenvalue weighted by atomic mass is 79.9. The van der Waals surface area contributed by atoms with Crippen molar-refractivity contribution >= 4 is 39.2 Å². The van der Waals surface area contributed by atoms with Gasteiger partial charge in [0.25, 0.3) is 0 Å². The summed E-state index contributed by atoms with van der Waals surface area (Å²) in [4.78, 5) is 10.1. The zero-order chi connectivity index (χ0) is 20.2. The highest BCUT2D eigenvalue weighted by molar-refractivity contribution is 9.10. The Hall–Kier alpha value is -2.83. The molecular weight excluding hydrogens is 444 g/mol. The van der Waals surface area contributed by atoms with Gasteiger partial charge in [-0.2, -0.15) is 5.10 Å². The molecule has 0 saturated heterocycles. The smallest absolute Gasteiger partial charge is 0.211 e. The van der Waals surface area contributed by atoms with Gasteiger partial charge in [0.05, 0.1) is 23.3 Å². The van der Waals surface area contributed by atoms with Crippen LogP contribution in [-0.2, 0) is 0 Å². The predicted octanol–water partition coefficient (Wildman–Crippen LogP) is 6.11. The Morgan fingerprint density at radius 2 is 1.86 bits per heavy atom. The first-order valence-corrected chi connectivity index (χ1v) is 10.8. The van der Waals surface area contributed by atoms with Crippen molar-refractivity contribution in [2.75, 3.05) is 0 Å². The topological polar surface area (TPSA) is 42.5 Å². The molecule has 2 aromatic carbocycles. The minimum atomic E-state index is 0.797. The van der Waals surface area contributed by atoms with Crippen LogP contribution in [0, 0.1) is 13.8 Å². The van der Waals surface area contributed by atoms with E-state index in [4.69, 9.17) is 10.1 Å². The number of pyridine rings is 1. The van der Waals surface area contributed by atoms with E-state index in [1.54, 1.807) is 23.7 Å². The molecule has 0 saturated carbocycles. The number of benzene rings is 2. The molecule has 0 aliphatic rings. The SMILES string of the molecule is Cc1ccc(C)c(N=c2scc(-c3ccc(Br)cc3)n2N=Cc2ccccn2)c1. The maximum atomic E-state index is 4.92. The van der Waals surface area contributed by atoms with Crippen LogP contribution >= 0.6 is 27.3 Å². The molecule has 0 radical (unpaired) electrons. The van der Waals surface area contributed by atoms with E-state index >= 15 is 0 Å². The van der Waals surface area contributed by atoms with Gasteiger partial charge in [0, 0.05) is 21.6 Å². The average Bonchev–Trinajstić information content (AvgIpc) is 3.13. The van der Waals surface area contributed by atoms with Gasteiger partial charge in [-0.05, 0) is 55.3 Å². The maximum Gasteiger partial charge on any atom is 0.211 e. The lowest BCUT2D eigenvalue weighted by atomic mass is 10.1. The lowest BCUT2D eigenvalue weighted by Crippen LogP contribution is -2.12. The van der Waals surface area contributed by atoms with Crippen molar-refractivity contribution in [1.82, 2.24) is 9.66 Å². The van der Waals surface area contributed by atoms with Crippen LogP contribution < -0.4 is 4.80 Å². The largest absolute Gasteiger partial charge is 0.255 e. The number of thiazole rings is 1. The molecule has 4 rings (SSSR count). The summed E-state index contributed by atoms with van der Waals surface area (Å²) < 4.78 is 2.92. The van der Waals surface area contributed by atoms with Crippen molar-refractivity contribution in [3.63, 3.8) is 0 Å². The molecule has 0 aliphatic carbocycles. The molecule has 4 aromatic rings. The van der Waals surface area contributed by atoms with E-state index in [-0.39, 0.29) is 0 Å². The summed E-state index contributed by atoms with van der Waals surface area (Å²) >= 11 is 5.07. The number of rotatable bonds is 4.